The zero-order valence-electron chi connectivity index (χ0n) is 11.0. The van der Waals surface area contributed by atoms with Crippen molar-refractivity contribution in [2.24, 2.45) is 0 Å². The maximum atomic E-state index is 10.3. The van der Waals surface area contributed by atoms with Crippen LogP contribution in [0.1, 0.15) is 41.0 Å². The topological polar surface area (TPSA) is 52.5 Å². The van der Waals surface area contributed by atoms with E-state index in [0.717, 1.165) is 11.3 Å². The lowest BCUT2D eigenvalue weighted by Gasteiger charge is -2.35. The summed E-state index contributed by atoms with van der Waals surface area (Å²) in [5.41, 5.74) is -2.72. The molecule has 0 aromatic rings. The van der Waals surface area contributed by atoms with Crippen molar-refractivity contribution in [3.05, 3.63) is 11.0 Å². The molecular formula is C12H21NO2S2. The predicted molar refractivity (Wildman–Crippen MR) is 77.0 cm³/mol. The molecule has 1 aliphatic rings. The Labute approximate surface area is 113 Å². The summed E-state index contributed by atoms with van der Waals surface area (Å²) in [6, 6.07) is 0. The quantitative estimate of drug-likeness (QED) is 0.689. The highest BCUT2D eigenvalue weighted by Gasteiger charge is 2.41. The second-order valence-corrected chi connectivity index (χ2v) is 7.13. The summed E-state index contributed by atoms with van der Waals surface area (Å²) < 4.78 is 0.715. The minimum absolute atomic E-state index is 0.239. The third-order valence-electron chi connectivity index (χ3n) is 3.48. The van der Waals surface area contributed by atoms with Crippen LogP contribution in [0.5, 0.6) is 0 Å². The average molecular weight is 275 g/mol. The van der Waals surface area contributed by atoms with Crippen LogP contribution in [0.15, 0.2) is 11.0 Å². The third-order valence-corrected chi connectivity index (χ3v) is 4.91. The van der Waals surface area contributed by atoms with Crippen molar-refractivity contribution >= 4 is 28.3 Å². The molecule has 0 aliphatic carbocycles. The van der Waals surface area contributed by atoms with E-state index in [2.05, 4.69) is 12.2 Å². The molecule has 0 saturated carbocycles. The van der Waals surface area contributed by atoms with E-state index in [1.807, 2.05) is 6.92 Å². The molecule has 2 atom stereocenters. The molecule has 3 nitrogen and oxygen atoms in total. The van der Waals surface area contributed by atoms with Crippen LogP contribution in [0.2, 0.25) is 0 Å². The minimum atomic E-state index is -1.28. The Bertz CT molecular complexity index is 358. The summed E-state index contributed by atoms with van der Waals surface area (Å²) in [6.07, 6.45) is 2.58. The number of rotatable bonds is 3. The van der Waals surface area contributed by atoms with Gasteiger partial charge in [0.25, 0.3) is 0 Å². The van der Waals surface area contributed by atoms with Gasteiger partial charge in [0.05, 0.1) is 11.1 Å². The zero-order chi connectivity index (χ0) is 13.5. The fourth-order valence-corrected chi connectivity index (χ4v) is 3.09. The largest absolute Gasteiger partial charge is 0.387 e. The fourth-order valence-electron chi connectivity index (χ4n) is 1.41. The van der Waals surface area contributed by atoms with E-state index >= 15 is 0 Å². The Morgan fingerprint density at radius 1 is 1.41 bits per heavy atom. The molecular weight excluding hydrogens is 254 g/mol. The molecule has 0 aromatic heterocycles. The molecule has 0 spiro atoms. The normalized spacial score (nSPS) is 31.5. The van der Waals surface area contributed by atoms with E-state index < -0.39 is 11.2 Å². The van der Waals surface area contributed by atoms with E-state index in [1.54, 1.807) is 26.8 Å². The van der Waals surface area contributed by atoms with Crippen LogP contribution >= 0.6 is 24.0 Å². The third kappa shape index (κ3) is 3.02. The molecule has 1 heterocycles. The smallest absolute Gasteiger partial charge is 0.139 e. The maximum Gasteiger partial charge on any atom is 0.139 e. The van der Waals surface area contributed by atoms with E-state index in [-0.39, 0.29) is 5.54 Å². The number of aliphatic hydroxyl groups is 2. The highest BCUT2D eigenvalue weighted by atomic mass is 32.2. The molecule has 1 aliphatic heterocycles. The standard InChI is InChI=1S/C12H21NO2S2/c1-6-11(4)8(17-9(16)13-11)7-12(5,15)10(2,3)14/h7,14-15H,6H2,1-5H3,(H,13,16). The minimum Gasteiger partial charge on any atom is -0.387 e. The number of thiocarbonyl (C=S) groups is 1. The highest BCUT2D eigenvalue weighted by Crippen LogP contribution is 2.40. The van der Waals surface area contributed by atoms with Crippen LogP contribution in [-0.2, 0) is 0 Å². The zero-order valence-corrected chi connectivity index (χ0v) is 12.6. The van der Waals surface area contributed by atoms with Crippen molar-refractivity contribution in [3.63, 3.8) is 0 Å². The second-order valence-electron chi connectivity index (χ2n) is 5.42. The van der Waals surface area contributed by atoms with Crippen LogP contribution in [-0.4, -0.2) is 31.3 Å². The van der Waals surface area contributed by atoms with E-state index in [0.29, 0.717) is 4.32 Å². The van der Waals surface area contributed by atoms with E-state index in [4.69, 9.17) is 12.2 Å². The van der Waals surface area contributed by atoms with Gasteiger partial charge in [-0.3, -0.25) is 0 Å². The monoisotopic (exact) mass is 275 g/mol. The Hall–Kier alpha value is -0.100. The number of nitrogens with one attached hydrogen (secondary N) is 1. The summed E-state index contributed by atoms with van der Waals surface area (Å²) in [5, 5.41) is 23.5. The number of hydrogen-bond donors (Lipinski definition) is 3. The average Bonchev–Trinajstić information content (AvgIpc) is 2.40. The lowest BCUT2D eigenvalue weighted by atomic mass is 9.85. The Morgan fingerprint density at radius 3 is 2.35 bits per heavy atom. The second kappa shape index (κ2) is 4.53. The summed E-state index contributed by atoms with van der Waals surface area (Å²) in [7, 11) is 0. The summed E-state index contributed by atoms with van der Waals surface area (Å²) in [5.74, 6) is 0. The predicted octanol–water partition coefficient (Wildman–Crippen LogP) is 2.18. The van der Waals surface area contributed by atoms with E-state index in [1.165, 1.54) is 11.8 Å². The molecule has 1 fully saturated rings. The summed E-state index contributed by atoms with van der Waals surface area (Å²) >= 11 is 6.61. The molecule has 0 aromatic carbocycles. The van der Waals surface area contributed by atoms with Crippen molar-refractivity contribution in [2.75, 3.05) is 0 Å². The first-order valence-electron chi connectivity index (χ1n) is 5.70. The van der Waals surface area contributed by atoms with Gasteiger partial charge in [0.2, 0.25) is 0 Å². The Morgan fingerprint density at radius 2 is 1.94 bits per heavy atom. The van der Waals surface area contributed by atoms with Gasteiger partial charge in [0, 0.05) is 4.91 Å². The first kappa shape index (κ1) is 15.0. The lowest BCUT2D eigenvalue weighted by Crippen LogP contribution is -2.47. The lowest BCUT2D eigenvalue weighted by molar-refractivity contribution is -0.0886. The van der Waals surface area contributed by atoms with Gasteiger partial charge < -0.3 is 15.5 Å². The van der Waals surface area contributed by atoms with Crippen molar-refractivity contribution in [1.82, 2.24) is 5.32 Å². The molecule has 98 valence electrons. The molecule has 3 N–H and O–H groups in total. The first-order valence-corrected chi connectivity index (χ1v) is 6.92. The van der Waals surface area contributed by atoms with Crippen molar-refractivity contribution < 1.29 is 10.2 Å². The fraction of sp³-hybridized carbons (Fsp3) is 0.750. The summed E-state index contributed by atoms with van der Waals surface area (Å²) in [6.45, 7) is 8.91. The SMILES string of the molecule is CCC1(C)NC(=S)SC1=CC(C)(O)C(C)(C)O. The van der Waals surface area contributed by atoms with Gasteiger partial charge in [-0.1, -0.05) is 30.9 Å². The number of thioether (sulfide) groups is 1. The van der Waals surface area contributed by atoms with Gasteiger partial charge >= 0.3 is 0 Å². The molecule has 1 rings (SSSR count). The van der Waals surface area contributed by atoms with Crippen LogP contribution in [0.25, 0.3) is 0 Å². The first-order chi connectivity index (χ1) is 7.52. The van der Waals surface area contributed by atoms with Crippen LogP contribution in [0.4, 0.5) is 0 Å². The molecule has 5 heteroatoms. The van der Waals surface area contributed by atoms with Crippen LogP contribution in [0, 0.1) is 0 Å². The molecule has 0 amide bonds. The van der Waals surface area contributed by atoms with Crippen LogP contribution in [0.3, 0.4) is 0 Å². The highest BCUT2D eigenvalue weighted by molar-refractivity contribution is 8.26. The molecule has 2 unspecified atom stereocenters. The van der Waals surface area contributed by atoms with Crippen molar-refractivity contribution in [1.29, 1.82) is 0 Å². The van der Waals surface area contributed by atoms with E-state index in [9.17, 15) is 10.2 Å². The Balaban J connectivity index is 3.11. The maximum absolute atomic E-state index is 10.3. The van der Waals surface area contributed by atoms with Gasteiger partial charge in [-0.05, 0) is 40.2 Å². The summed E-state index contributed by atoms with van der Waals surface area (Å²) in [4.78, 5) is 0.970. The van der Waals surface area contributed by atoms with Gasteiger partial charge in [-0.25, -0.2) is 0 Å². The number of hydrogen-bond acceptors (Lipinski definition) is 4. The van der Waals surface area contributed by atoms with Gasteiger partial charge in [-0.2, -0.15) is 0 Å². The van der Waals surface area contributed by atoms with Gasteiger partial charge in [0.1, 0.15) is 9.92 Å². The molecule has 1 saturated heterocycles. The van der Waals surface area contributed by atoms with Gasteiger partial charge in [0.15, 0.2) is 0 Å². The van der Waals surface area contributed by atoms with Crippen molar-refractivity contribution in [2.45, 2.75) is 57.8 Å². The Kier molecular flexibility index (Phi) is 3.99. The van der Waals surface area contributed by atoms with Crippen LogP contribution < -0.4 is 5.32 Å². The molecule has 0 bridgehead atoms. The van der Waals surface area contributed by atoms with Gasteiger partial charge in [-0.15, -0.1) is 0 Å². The van der Waals surface area contributed by atoms with Crippen molar-refractivity contribution in [3.8, 4) is 0 Å². The molecule has 0 radical (unpaired) electrons. The molecule has 17 heavy (non-hydrogen) atoms.